The van der Waals surface area contributed by atoms with Gasteiger partial charge >= 0.3 is 11.8 Å². The number of fused-ring (bicyclic) bond motifs is 1. The number of benzene rings is 1. The molecule has 0 saturated carbocycles. The molecule has 0 spiro atoms. The van der Waals surface area contributed by atoms with Gasteiger partial charge in [0.25, 0.3) is 0 Å². The zero-order valence-corrected chi connectivity index (χ0v) is 35.0. The summed E-state index contributed by atoms with van der Waals surface area (Å²) in [5.74, 6) is 10.6. The van der Waals surface area contributed by atoms with E-state index in [0.29, 0.717) is 38.0 Å². The molecule has 4 aliphatic rings. The molecule has 8 N–H and O–H groups in total. The molecule has 2 saturated heterocycles. The van der Waals surface area contributed by atoms with Crippen LogP contribution in [0.4, 0.5) is 0 Å². The molecule has 0 aromatic heterocycles. The van der Waals surface area contributed by atoms with Crippen molar-refractivity contribution >= 4 is 17.5 Å². The normalized spacial score (nSPS) is 22.8. The van der Waals surface area contributed by atoms with Crippen molar-refractivity contribution in [2.45, 2.75) is 110 Å². The second-order valence-electron chi connectivity index (χ2n) is 15.9. The van der Waals surface area contributed by atoms with Crippen molar-refractivity contribution in [1.29, 1.82) is 0 Å². The van der Waals surface area contributed by atoms with E-state index < -0.39 is 24.0 Å². The van der Waals surface area contributed by atoms with Crippen LogP contribution in [0.2, 0.25) is 0 Å². The summed E-state index contributed by atoms with van der Waals surface area (Å²) >= 11 is 0. The molecule has 4 unspecified atom stereocenters. The van der Waals surface area contributed by atoms with Crippen LogP contribution >= 0.6 is 0 Å². The van der Waals surface area contributed by atoms with Gasteiger partial charge in [0, 0.05) is 30.6 Å². The minimum atomic E-state index is -0.745. The van der Waals surface area contributed by atoms with E-state index in [1.165, 1.54) is 74.2 Å². The van der Waals surface area contributed by atoms with E-state index in [-0.39, 0.29) is 18.1 Å². The summed E-state index contributed by atoms with van der Waals surface area (Å²) in [4.78, 5) is 30.4. The Morgan fingerprint density at radius 2 is 1.75 bits per heavy atom. The summed E-state index contributed by atoms with van der Waals surface area (Å²) in [6, 6.07) is 8.12. The van der Waals surface area contributed by atoms with Crippen molar-refractivity contribution in [3.05, 3.63) is 53.2 Å². The van der Waals surface area contributed by atoms with Gasteiger partial charge in [0.15, 0.2) is 0 Å². The van der Waals surface area contributed by atoms with Gasteiger partial charge in [-0.2, -0.15) is 0 Å². The van der Waals surface area contributed by atoms with Gasteiger partial charge < -0.3 is 30.3 Å². The smallest absolute Gasteiger partial charge is 0.326 e. The molecule has 1 aromatic rings. The number of nitrogens with two attached hydrogens (primary N) is 3. The third-order valence-electron chi connectivity index (χ3n) is 10.8. The van der Waals surface area contributed by atoms with Gasteiger partial charge in [-0.15, -0.1) is 12.8 Å². The number of nitrogens with one attached hydrogen (secondary N) is 2. The van der Waals surface area contributed by atoms with E-state index in [1.54, 1.807) is 14.2 Å². The average Bonchev–Trinajstić information content (AvgIpc) is 3.74. The molecule has 5 atom stereocenters. The highest BCUT2D eigenvalue weighted by atomic mass is 16.5. The third kappa shape index (κ3) is 14.0. The monoisotopic (exact) mass is 767 g/mol. The zero-order chi connectivity index (χ0) is 41.0. The van der Waals surface area contributed by atoms with Crippen LogP contribution in [-0.2, 0) is 19.1 Å². The van der Waals surface area contributed by atoms with Crippen LogP contribution in [0.1, 0.15) is 109 Å². The fraction of sp³-hybridized carbons (Fsp3) is 0.674. The number of piperidine rings is 1. The third-order valence-corrected chi connectivity index (χ3v) is 10.8. The summed E-state index contributed by atoms with van der Waals surface area (Å²) < 4.78 is 11.4. The highest BCUT2D eigenvalue weighted by Gasteiger charge is 2.43. The van der Waals surface area contributed by atoms with Gasteiger partial charge in [0.1, 0.15) is 12.8 Å². The topological polar surface area (TPSA) is 164 Å². The molecular formula is C43H74N8O4. The second kappa shape index (κ2) is 25.1. The van der Waals surface area contributed by atoms with Crippen LogP contribution < -0.4 is 28.2 Å². The fourth-order valence-corrected chi connectivity index (χ4v) is 7.88. The summed E-state index contributed by atoms with van der Waals surface area (Å²) in [5, 5.41) is 4.84. The number of methoxy groups -OCH3 is 1. The highest BCUT2D eigenvalue weighted by molar-refractivity contribution is 6.34. The Morgan fingerprint density at radius 1 is 1.09 bits per heavy atom. The lowest BCUT2D eigenvalue weighted by atomic mass is 9.72. The quantitative estimate of drug-likeness (QED) is 0.0521. The first-order chi connectivity index (χ1) is 26.4. The second-order valence-corrected chi connectivity index (χ2v) is 15.9. The van der Waals surface area contributed by atoms with E-state index in [2.05, 4.69) is 105 Å². The van der Waals surface area contributed by atoms with Crippen LogP contribution in [0.5, 0.6) is 0 Å². The molecule has 1 aromatic carbocycles. The predicted molar refractivity (Wildman–Crippen MR) is 224 cm³/mol. The molecule has 12 heteroatoms. The van der Waals surface area contributed by atoms with Crippen molar-refractivity contribution in [2.75, 3.05) is 60.2 Å². The van der Waals surface area contributed by atoms with E-state index in [1.807, 2.05) is 0 Å². The van der Waals surface area contributed by atoms with Gasteiger partial charge in [-0.25, -0.2) is 5.84 Å². The van der Waals surface area contributed by atoms with Crippen LogP contribution in [0.3, 0.4) is 0 Å². The number of unbranched alkanes of at least 4 members (excludes halogenated alkanes) is 1. The Balaban J connectivity index is 0.00000121. The molecule has 2 aliphatic heterocycles. The summed E-state index contributed by atoms with van der Waals surface area (Å²) in [7, 11) is 3.29. The molecule has 2 aliphatic carbocycles. The molecule has 55 heavy (non-hydrogen) atoms. The van der Waals surface area contributed by atoms with Crippen LogP contribution in [0.15, 0.2) is 42.1 Å². The van der Waals surface area contributed by atoms with E-state index in [0.717, 1.165) is 29.2 Å². The van der Waals surface area contributed by atoms with Crippen molar-refractivity contribution in [3.63, 3.8) is 0 Å². The molecule has 0 radical (unpaired) electrons. The molecule has 2 amide bonds. The molecule has 2 fully saturated rings. The Labute approximate surface area is 332 Å². The SMILES string of the molecule is C#C.CCC.CNN.COC1C(NC2=CC[C@@H](C(CN)CCCCN3CCCCC3)c3ccccc32)=CC(C(C)(C)C)CC1N(N)C(=O)C(=O)N1CCOC1. The summed E-state index contributed by atoms with van der Waals surface area (Å²) in [5.41, 5.74) is 13.0. The zero-order valence-electron chi connectivity index (χ0n) is 35.0. The molecule has 12 nitrogen and oxygen atoms in total. The Morgan fingerprint density at radius 3 is 2.33 bits per heavy atom. The van der Waals surface area contributed by atoms with Crippen molar-refractivity contribution in [2.24, 2.45) is 34.7 Å². The fourth-order valence-electron chi connectivity index (χ4n) is 7.88. The van der Waals surface area contributed by atoms with Crippen molar-refractivity contribution < 1.29 is 19.1 Å². The van der Waals surface area contributed by atoms with Crippen molar-refractivity contribution in [1.82, 2.24) is 25.6 Å². The van der Waals surface area contributed by atoms with Gasteiger partial charge in [-0.05, 0) is 100 Å². The van der Waals surface area contributed by atoms with Crippen molar-refractivity contribution in [3.8, 4) is 12.8 Å². The molecule has 0 bridgehead atoms. The lowest BCUT2D eigenvalue weighted by Gasteiger charge is -2.43. The number of hydrazine groups is 2. The molecule has 5 rings (SSSR count). The van der Waals surface area contributed by atoms with Gasteiger partial charge in [0.05, 0.1) is 12.6 Å². The number of rotatable bonds is 11. The van der Waals surface area contributed by atoms with E-state index in [4.69, 9.17) is 21.1 Å². The summed E-state index contributed by atoms with van der Waals surface area (Å²) in [6.45, 7) is 16.1. The Kier molecular flexibility index (Phi) is 21.8. The number of allylic oxidation sites excluding steroid dienone is 2. The number of terminal acetylenes is 1. The number of carbonyl (C=O) groups excluding carboxylic acids is 2. The molecule has 2 heterocycles. The maximum absolute atomic E-state index is 13.3. The number of amides is 2. The lowest BCUT2D eigenvalue weighted by molar-refractivity contribution is -0.155. The lowest BCUT2D eigenvalue weighted by Crippen LogP contribution is -2.59. The minimum absolute atomic E-state index is 0.0872. The first-order valence-corrected chi connectivity index (χ1v) is 20.3. The van der Waals surface area contributed by atoms with Crippen LogP contribution in [0.25, 0.3) is 5.70 Å². The number of hydrogen-bond acceptors (Lipinski definition) is 10. The molecular weight excluding hydrogens is 693 g/mol. The minimum Gasteiger partial charge on any atom is -0.373 e. The highest BCUT2D eigenvalue weighted by Crippen LogP contribution is 2.42. The predicted octanol–water partition coefficient (Wildman–Crippen LogP) is 4.93. The first-order valence-electron chi connectivity index (χ1n) is 20.3. The number of ether oxygens (including phenoxy) is 2. The van der Waals surface area contributed by atoms with Gasteiger partial charge in [0.2, 0.25) is 0 Å². The average molecular weight is 767 g/mol. The van der Waals surface area contributed by atoms with E-state index >= 15 is 0 Å². The van der Waals surface area contributed by atoms with Gasteiger partial charge in [-0.1, -0.05) is 90.3 Å². The number of likely N-dealkylation sites (tertiary alicyclic amines) is 1. The maximum Gasteiger partial charge on any atom is 0.326 e. The number of nitrogens with zero attached hydrogens (tertiary/aromatic N) is 3. The Bertz CT molecular complexity index is 1360. The largest absolute Gasteiger partial charge is 0.373 e. The van der Waals surface area contributed by atoms with E-state index in [9.17, 15) is 9.59 Å². The van der Waals surface area contributed by atoms with Crippen LogP contribution in [-0.4, -0.2) is 99.0 Å². The first kappa shape index (κ1) is 47.9. The standard InChI is InChI=1S/C37H58N6O4.C3H8.C2H2.CH6N2/c1-37(2,3)27-22-32(34(46-4)33(23-27)43(39)36(45)35(44)42-20-21-47-25-42)40-31-16-15-28(29-13-6-7-14-30(29)31)26(24-38)12-8-11-19-41-17-9-5-10-18-41;1-3-2;1-2;1-3-2/h6-7,13-14,16,22,26-28,33-34,40H,5,8-12,15,17-21,23-25,38-39H2,1-4H3;3H2,1-2H3;1-2H;3H,2H2,1H3/t26?,27?,28-,33?,34?;;;/m0.../s1. The van der Waals surface area contributed by atoms with Crippen LogP contribution in [0, 0.1) is 30.1 Å². The number of carbonyl (C=O) groups is 2. The Hall–Kier alpha value is -3.28. The van der Waals surface area contributed by atoms with Gasteiger partial charge in [-0.3, -0.25) is 25.9 Å². The summed E-state index contributed by atoms with van der Waals surface area (Å²) in [6.07, 6.45) is 22.3. The maximum atomic E-state index is 13.3. The number of hydrogen-bond donors (Lipinski definition) is 5. The molecule has 310 valence electrons.